The van der Waals surface area contributed by atoms with Gasteiger partial charge >= 0.3 is 0 Å². The van der Waals surface area contributed by atoms with Crippen molar-refractivity contribution in [1.82, 2.24) is 0 Å². The molecule has 39 heavy (non-hydrogen) atoms. The summed E-state index contributed by atoms with van der Waals surface area (Å²) in [5, 5.41) is 62.3. The van der Waals surface area contributed by atoms with Gasteiger partial charge in [0.2, 0.25) is 11.5 Å². The van der Waals surface area contributed by atoms with Crippen LogP contribution in [0.4, 0.5) is 0 Å². The van der Waals surface area contributed by atoms with Gasteiger partial charge in [0.1, 0.15) is 18.3 Å². The van der Waals surface area contributed by atoms with Crippen LogP contribution < -0.4 is 18.9 Å². The largest absolute Gasteiger partial charge is 0.502 e. The van der Waals surface area contributed by atoms with E-state index >= 15 is 0 Å². The van der Waals surface area contributed by atoms with Crippen LogP contribution in [-0.2, 0) is 15.9 Å². The van der Waals surface area contributed by atoms with Crippen LogP contribution in [0, 0.1) is 11.8 Å². The summed E-state index contributed by atoms with van der Waals surface area (Å²) in [4.78, 5) is 0. The van der Waals surface area contributed by atoms with Crippen molar-refractivity contribution in [3.63, 3.8) is 0 Å². The van der Waals surface area contributed by atoms with Gasteiger partial charge in [-0.2, -0.15) is 0 Å². The van der Waals surface area contributed by atoms with Crippen LogP contribution in [0.25, 0.3) is 0 Å². The number of benzene rings is 2. The molecule has 2 aromatic rings. The summed E-state index contributed by atoms with van der Waals surface area (Å²) in [5.74, 6) is -1.16. The van der Waals surface area contributed by atoms with Gasteiger partial charge in [-0.15, -0.1) is 0 Å². The number of aromatic hydroxyl groups is 2. The fourth-order valence-electron chi connectivity index (χ4n) is 5.55. The van der Waals surface area contributed by atoms with Gasteiger partial charge in [0.15, 0.2) is 29.3 Å². The SMILES string of the molecule is COc1cc([C@@H]2c3c(cc(OC)c(O)c3OC)C[C@H](CO)[C@H]2CO[C@H]2OC[C@H](O)[C@@H](O)[C@@H]2O)cc(OC)c1O. The molecule has 0 spiro atoms. The van der Waals surface area contributed by atoms with Crippen LogP contribution in [0.15, 0.2) is 18.2 Å². The van der Waals surface area contributed by atoms with E-state index in [0.29, 0.717) is 17.5 Å². The molecule has 1 fully saturated rings. The average Bonchev–Trinajstić information content (AvgIpc) is 2.94. The Kier molecular flexibility index (Phi) is 8.94. The molecule has 1 heterocycles. The predicted molar refractivity (Wildman–Crippen MR) is 136 cm³/mol. The molecule has 0 amide bonds. The fraction of sp³-hybridized carbons (Fsp3) is 0.556. The molecule has 4 rings (SSSR count). The lowest BCUT2D eigenvalue weighted by Crippen LogP contribution is -2.54. The second kappa shape index (κ2) is 12.0. The highest BCUT2D eigenvalue weighted by atomic mass is 16.7. The number of hydrogen-bond donors (Lipinski definition) is 6. The van der Waals surface area contributed by atoms with E-state index in [9.17, 15) is 30.6 Å². The highest BCUT2D eigenvalue weighted by Gasteiger charge is 2.44. The molecule has 7 atom stereocenters. The summed E-state index contributed by atoms with van der Waals surface area (Å²) in [6, 6.07) is 4.96. The minimum atomic E-state index is -1.49. The van der Waals surface area contributed by atoms with Crippen molar-refractivity contribution < 1.29 is 59.1 Å². The lowest BCUT2D eigenvalue weighted by molar-refractivity contribution is -0.274. The van der Waals surface area contributed by atoms with Gasteiger partial charge in [-0.05, 0) is 47.6 Å². The molecule has 0 saturated carbocycles. The Balaban J connectivity index is 1.86. The standard InChI is InChI=1S/C27H36O12/c1-34-17-7-13(8-18(35-2)23(17)31)20-15(10-38-27-25(33)22(30)16(29)11-39-27)14(9-28)5-12-6-19(36-3)24(32)26(37-4)21(12)20/h6-8,14-16,20,22,25,27-33H,5,9-11H2,1-4H3/t14-,15-,16+,20+,22-,25+,27+/m1/s1. The molecule has 0 radical (unpaired) electrons. The van der Waals surface area contributed by atoms with Gasteiger partial charge in [0, 0.05) is 18.1 Å². The molecule has 0 aromatic heterocycles. The Morgan fingerprint density at radius 1 is 0.846 bits per heavy atom. The van der Waals surface area contributed by atoms with Crippen molar-refractivity contribution in [2.75, 3.05) is 48.3 Å². The third-order valence-electron chi connectivity index (χ3n) is 7.60. The minimum absolute atomic E-state index is 0.0542. The Labute approximate surface area is 225 Å². The Bertz CT molecular complexity index is 1130. The maximum atomic E-state index is 11.0. The molecule has 2 aromatic carbocycles. The zero-order chi connectivity index (χ0) is 28.4. The van der Waals surface area contributed by atoms with Gasteiger partial charge in [-0.25, -0.2) is 0 Å². The number of phenols is 2. The second-order valence-corrected chi connectivity index (χ2v) is 9.68. The molecule has 6 N–H and O–H groups in total. The third-order valence-corrected chi connectivity index (χ3v) is 7.60. The van der Waals surface area contributed by atoms with Gasteiger partial charge < -0.3 is 59.1 Å². The zero-order valence-corrected chi connectivity index (χ0v) is 22.2. The minimum Gasteiger partial charge on any atom is -0.502 e. The summed E-state index contributed by atoms with van der Waals surface area (Å²) in [7, 11) is 5.66. The Morgan fingerprint density at radius 2 is 1.46 bits per heavy atom. The van der Waals surface area contributed by atoms with Crippen molar-refractivity contribution >= 4 is 0 Å². The first-order chi connectivity index (χ1) is 18.7. The molecule has 1 aliphatic carbocycles. The van der Waals surface area contributed by atoms with Crippen molar-refractivity contribution in [2.45, 2.75) is 36.9 Å². The maximum absolute atomic E-state index is 11.0. The van der Waals surface area contributed by atoms with E-state index in [4.69, 9.17) is 28.4 Å². The van der Waals surface area contributed by atoms with Crippen LogP contribution in [-0.4, -0.2) is 104 Å². The molecule has 12 nitrogen and oxygen atoms in total. The zero-order valence-electron chi connectivity index (χ0n) is 22.2. The number of phenolic OH excluding ortho intramolecular Hbond substituents is 2. The van der Waals surface area contributed by atoms with Crippen molar-refractivity contribution in [1.29, 1.82) is 0 Å². The first kappa shape index (κ1) is 29.0. The van der Waals surface area contributed by atoms with Crippen LogP contribution in [0.5, 0.6) is 34.5 Å². The molecule has 1 aliphatic heterocycles. The molecule has 2 aliphatic rings. The quantitative estimate of drug-likeness (QED) is 0.254. The number of fused-ring (bicyclic) bond motifs is 1. The molecule has 12 heteroatoms. The summed E-state index contributed by atoms with van der Waals surface area (Å²) < 4.78 is 33.2. The first-order valence-corrected chi connectivity index (χ1v) is 12.5. The lowest BCUT2D eigenvalue weighted by Gasteiger charge is -2.42. The summed E-state index contributed by atoms with van der Waals surface area (Å²) in [6.07, 6.45) is -5.04. The fourth-order valence-corrected chi connectivity index (χ4v) is 5.55. The number of aliphatic hydroxyl groups is 4. The van der Waals surface area contributed by atoms with E-state index in [1.54, 1.807) is 18.2 Å². The first-order valence-electron chi connectivity index (χ1n) is 12.5. The van der Waals surface area contributed by atoms with Crippen molar-refractivity contribution in [2.24, 2.45) is 11.8 Å². The number of hydrogen-bond acceptors (Lipinski definition) is 12. The van der Waals surface area contributed by atoms with Gasteiger partial charge in [0.05, 0.1) is 41.7 Å². The molecule has 1 saturated heterocycles. The highest BCUT2D eigenvalue weighted by molar-refractivity contribution is 5.64. The summed E-state index contributed by atoms with van der Waals surface area (Å²) in [6.45, 7) is -0.504. The predicted octanol–water partition coefficient (Wildman–Crippen LogP) is 0.500. The van der Waals surface area contributed by atoms with Crippen LogP contribution >= 0.6 is 0 Å². The smallest absolute Gasteiger partial charge is 0.201 e. The van der Waals surface area contributed by atoms with Crippen molar-refractivity contribution in [3.05, 3.63) is 34.9 Å². The van der Waals surface area contributed by atoms with Crippen LogP contribution in [0.2, 0.25) is 0 Å². The lowest BCUT2D eigenvalue weighted by atomic mass is 9.66. The molecular weight excluding hydrogens is 516 g/mol. The van der Waals surface area contributed by atoms with E-state index in [2.05, 4.69) is 0 Å². The van der Waals surface area contributed by atoms with Crippen LogP contribution in [0.1, 0.15) is 22.6 Å². The van der Waals surface area contributed by atoms with E-state index in [1.165, 1.54) is 28.4 Å². The topological polar surface area (TPSA) is 177 Å². The monoisotopic (exact) mass is 552 g/mol. The van der Waals surface area contributed by atoms with Gasteiger partial charge in [-0.1, -0.05) is 0 Å². The highest BCUT2D eigenvalue weighted by Crippen LogP contribution is 2.54. The molecule has 216 valence electrons. The van der Waals surface area contributed by atoms with E-state index < -0.39 is 36.4 Å². The van der Waals surface area contributed by atoms with Gasteiger partial charge in [0.25, 0.3) is 0 Å². The second-order valence-electron chi connectivity index (χ2n) is 9.68. The normalized spacial score (nSPS) is 28.5. The number of rotatable bonds is 9. The van der Waals surface area contributed by atoms with Crippen molar-refractivity contribution in [3.8, 4) is 34.5 Å². The van der Waals surface area contributed by atoms with E-state index in [0.717, 1.165) is 5.56 Å². The van der Waals surface area contributed by atoms with Crippen LogP contribution in [0.3, 0.4) is 0 Å². The van der Waals surface area contributed by atoms with Gasteiger partial charge in [-0.3, -0.25) is 0 Å². The average molecular weight is 553 g/mol. The summed E-state index contributed by atoms with van der Waals surface area (Å²) in [5.41, 5.74) is 1.99. The summed E-state index contributed by atoms with van der Waals surface area (Å²) >= 11 is 0. The molecule has 0 bridgehead atoms. The third kappa shape index (κ3) is 5.28. The Hall–Kier alpha value is -3.00. The van der Waals surface area contributed by atoms with E-state index in [1.807, 2.05) is 0 Å². The molecule has 0 unspecified atom stereocenters. The van der Waals surface area contributed by atoms with E-state index in [-0.39, 0.29) is 60.2 Å². The number of ether oxygens (including phenoxy) is 6. The Morgan fingerprint density at radius 3 is 2.03 bits per heavy atom. The maximum Gasteiger partial charge on any atom is 0.201 e. The number of aliphatic hydroxyl groups excluding tert-OH is 4. The molecular formula is C27H36O12. The number of methoxy groups -OCH3 is 4.